The van der Waals surface area contributed by atoms with Crippen LogP contribution in [0.4, 0.5) is 4.79 Å². The Kier molecular flexibility index (Phi) is 9.26. The van der Waals surface area contributed by atoms with E-state index in [1.54, 1.807) is 6.92 Å². The van der Waals surface area contributed by atoms with E-state index in [0.29, 0.717) is 32.3 Å². The third kappa shape index (κ3) is 8.23. The number of carbonyl (C=O) groups is 3. The predicted octanol–water partition coefficient (Wildman–Crippen LogP) is 3.22. The van der Waals surface area contributed by atoms with E-state index in [0.717, 1.165) is 11.1 Å². The molecular formula is C25H31N3O5. The molecule has 1 fully saturated rings. The highest BCUT2D eigenvalue weighted by molar-refractivity contribution is 5.85. The zero-order chi connectivity index (χ0) is 23.5. The molecule has 8 nitrogen and oxygen atoms in total. The highest BCUT2D eigenvalue weighted by Crippen LogP contribution is 2.24. The maximum atomic E-state index is 12.4. The van der Waals surface area contributed by atoms with Crippen LogP contribution < -0.4 is 16.2 Å². The molecule has 0 spiro atoms. The molecule has 0 aliphatic heterocycles. The largest absolute Gasteiger partial charge is 0.445 e. The summed E-state index contributed by atoms with van der Waals surface area (Å²) in [6, 6.07) is 19.0. The van der Waals surface area contributed by atoms with Crippen molar-refractivity contribution in [1.82, 2.24) is 16.2 Å². The highest BCUT2D eigenvalue weighted by Gasteiger charge is 2.28. The van der Waals surface area contributed by atoms with Crippen LogP contribution in [0.15, 0.2) is 60.7 Å². The summed E-state index contributed by atoms with van der Waals surface area (Å²) in [5.41, 5.74) is 6.83. The van der Waals surface area contributed by atoms with Crippen LogP contribution in [0, 0.1) is 5.92 Å². The molecule has 1 aliphatic carbocycles. The van der Waals surface area contributed by atoms with Gasteiger partial charge in [-0.3, -0.25) is 20.4 Å². The Morgan fingerprint density at radius 3 is 2.03 bits per heavy atom. The average molecular weight is 454 g/mol. The van der Waals surface area contributed by atoms with Crippen molar-refractivity contribution in [1.29, 1.82) is 0 Å². The molecule has 1 atom stereocenters. The monoisotopic (exact) mass is 453 g/mol. The Balaban J connectivity index is 1.30. The van der Waals surface area contributed by atoms with E-state index in [9.17, 15) is 14.4 Å². The first-order valence-corrected chi connectivity index (χ1v) is 11.2. The van der Waals surface area contributed by atoms with Crippen molar-refractivity contribution in [2.75, 3.05) is 0 Å². The highest BCUT2D eigenvalue weighted by atomic mass is 16.5. The van der Waals surface area contributed by atoms with Crippen molar-refractivity contribution in [3.05, 3.63) is 71.8 Å². The lowest BCUT2D eigenvalue weighted by Crippen LogP contribution is -2.49. The molecule has 33 heavy (non-hydrogen) atoms. The predicted molar refractivity (Wildman–Crippen MR) is 122 cm³/mol. The van der Waals surface area contributed by atoms with Crippen molar-refractivity contribution in [3.63, 3.8) is 0 Å². The fourth-order valence-corrected chi connectivity index (χ4v) is 3.63. The van der Waals surface area contributed by atoms with E-state index in [1.165, 1.54) is 0 Å². The van der Waals surface area contributed by atoms with Crippen molar-refractivity contribution in [3.8, 4) is 0 Å². The number of carbonyl (C=O) groups excluding carboxylic acids is 3. The van der Waals surface area contributed by atoms with Gasteiger partial charge in [0.2, 0.25) is 5.91 Å². The van der Waals surface area contributed by atoms with Crippen LogP contribution in [0.2, 0.25) is 0 Å². The Hall–Kier alpha value is -3.39. The summed E-state index contributed by atoms with van der Waals surface area (Å²) in [6.45, 7) is 2.17. The van der Waals surface area contributed by atoms with Crippen LogP contribution in [-0.2, 0) is 32.3 Å². The van der Waals surface area contributed by atoms with Gasteiger partial charge < -0.3 is 14.8 Å². The summed E-state index contributed by atoms with van der Waals surface area (Å²) in [5, 5.41) is 2.86. The molecule has 176 valence electrons. The smallest absolute Gasteiger partial charge is 0.407 e. The second-order valence-electron chi connectivity index (χ2n) is 8.17. The minimum absolute atomic E-state index is 0.0293. The maximum Gasteiger partial charge on any atom is 0.407 e. The van der Waals surface area contributed by atoms with Gasteiger partial charge in [0, 0.05) is 12.0 Å². The van der Waals surface area contributed by atoms with Gasteiger partial charge in [-0.05, 0) is 43.7 Å². The molecule has 3 amide bonds. The van der Waals surface area contributed by atoms with Crippen molar-refractivity contribution in [2.45, 2.75) is 58.0 Å². The van der Waals surface area contributed by atoms with E-state index in [-0.39, 0.29) is 24.5 Å². The third-order valence-corrected chi connectivity index (χ3v) is 5.65. The maximum absolute atomic E-state index is 12.4. The number of hydrogen-bond acceptors (Lipinski definition) is 5. The fourth-order valence-electron chi connectivity index (χ4n) is 3.63. The summed E-state index contributed by atoms with van der Waals surface area (Å²) in [4.78, 5) is 36.6. The topological polar surface area (TPSA) is 106 Å². The number of hydrogen-bond donors (Lipinski definition) is 3. The first-order chi connectivity index (χ1) is 16.0. The van der Waals surface area contributed by atoms with Gasteiger partial charge in [0.25, 0.3) is 5.91 Å². The molecule has 3 N–H and O–H groups in total. The molecule has 1 aliphatic rings. The van der Waals surface area contributed by atoms with Crippen LogP contribution in [-0.4, -0.2) is 30.1 Å². The zero-order valence-corrected chi connectivity index (χ0v) is 18.8. The van der Waals surface area contributed by atoms with Crippen LogP contribution in [0.5, 0.6) is 0 Å². The van der Waals surface area contributed by atoms with E-state index in [1.807, 2.05) is 60.7 Å². The van der Waals surface area contributed by atoms with E-state index in [2.05, 4.69) is 16.2 Å². The molecule has 0 saturated heterocycles. The molecule has 2 aromatic rings. The van der Waals surface area contributed by atoms with Gasteiger partial charge in [-0.15, -0.1) is 0 Å². The number of benzene rings is 2. The number of alkyl carbamates (subject to hydrolysis) is 1. The first kappa shape index (κ1) is 24.3. The van der Waals surface area contributed by atoms with Crippen molar-refractivity contribution in [2.24, 2.45) is 5.92 Å². The summed E-state index contributed by atoms with van der Waals surface area (Å²) in [5.74, 6) is -0.858. The van der Waals surface area contributed by atoms with E-state index >= 15 is 0 Å². The summed E-state index contributed by atoms with van der Waals surface area (Å²) in [6.07, 6.45) is 1.42. The molecule has 0 radical (unpaired) electrons. The summed E-state index contributed by atoms with van der Waals surface area (Å²) < 4.78 is 10.8. The molecule has 3 rings (SSSR count). The van der Waals surface area contributed by atoms with Gasteiger partial charge in [0.15, 0.2) is 0 Å². The van der Waals surface area contributed by atoms with Crippen molar-refractivity contribution >= 4 is 17.9 Å². The molecular weight excluding hydrogens is 422 g/mol. The lowest BCUT2D eigenvalue weighted by Gasteiger charge is -2.28. The van der Waals surface area contributed by atoms with Crippen LogP contribution in [0.1, 0.15) is 43.7 Å². The van der Waals surface area contributed by atoms with Gasteiger partial charge in [0.1, 0.15) is 12.7 Å². The Labute approximate surface area is 194 Å². The van der Waals surface area contributed by atoms with E-state index in [4.69, 9.17) is 9.47 Å². The molecule has 2 aromatic carbocycles. The Morgan fingerprint density at radius 1 is 0.848 bits per heavy atom. The van der Waals surface area contributed by atoms with Crippen LogP contribution in [0.25, 0.3) is 0 Å². The normalized spacial score (nSPS) is 18.6. The summed E-state index contributed by atoms with van der Waals surface area (Å²) in [7, 11) is 0. The molecule has 1 saturated carbocycles. The molecule has 8 heteroatoms. The third-order valence-electron chi connectivity index (χ3n) is 5.65. The number of rotatable bonds is 8. The van der Waals surface area contributed by atoms with E-state index < -0.39 is 18.1 Å². The van der Waals surface area contributed by atoms with Crippen LogP contribution >= 0.6 is 0 Å². The average Bonchev–Trinajstić information content (AvgIpc) is 2.86. The lowest BCUT2D eigenvalue weighted by molar-refractivity contribution is -0.138. The lowest BCUT2D eigenvalue weighted by atomic mass is 9.85. The second-order valence-corrected chi connectivity index (χ2v) is 8.17. The zero-order valence-electron chi connectivity index (χ0n) is 18.8. The SMILES string of the molecule is C[C@@H](OCc1ccccc1)C(=O)NNC(=O)C1CCC(NC(=O)OCc2ccccc2)CC1. The molecule has 0 heterocycles. The second kappa shape index (κ2) is 12.6. The molecule has 0 unspecified atom stereocenters. The number of hydrazine groups is 1. The number of ether oxygens (including phenoxy) is 2. The molecule has 0 aromatic heterocycles. The van der Waals surface area contributed by atoms with Gasteiger partial charge in [-0.1, -0.05) is 60.7 Å². The molecule has 0 bridgehead atoms. The Bertz CT molecular complexity index is 899. The Morgan fingerprint density at radius 2 is 1.42 bits per heavy atom. The van der Waals surface area contributed by atoms with Gasteiger partial charge in [-0.25, -0.2) is 4.79 Å². The summed E-state index contributed by atoms with van der Waals surface area (Å²) >= 11 is 0. The standard InChI is InChI=1S/C25H31N3O5/c1-18(32-16-19-8-4-2-5-9-19)23(29)27-28-24(30)21-12-14-22(15-13-21)26-25(31)33-17-20-10-6-3-7-11-20/h2-11,18,21-22H,12-17H2,1H3,(H,26,31)(H,27,29)(H,28,30)/t18-,21?,22?/m1/s1. The minimum Gasteiger partial charge on any atom is -0.445 e. The quantitative estimate of drug-likeness (QED) is 0.532. The van der Waals surface area contributed by atoms with Gasteiger partial charge in [-0.2, -0.15) is 0 Å². The van der Waals surface area contributed by atoms with Gasteiger partial charge >= 0.3 is 6.09 Å². The number of amides is 3. The fraction of sp³-hybridized carbons (Fsp3) is 0.400. The van der Waals surface area contributed by atoms with Gasteiger partial charge in [0.05, 0.1) is 6.61 Å². The first-order valence-electron chi connectivity index (χ1n) is 11.2. The van der Waals surface area contributed by atoms with Crippen LogP contribution in [0.3, 0.4) is 0 Å². The van der Waals surface area contributed by atoms with Crippen molar-refractivity contribution < 1.29 is 23.9 Å². The number of nitrogens with one attached hydrogen (secondary N) is 3. The minimum atomic E-state index is -0.702.